The number of nitrogens with one attached hydrogen (secondary N) is 1. The Bertz CT molecular complexity index is 1620. The molecule has 0 fully saturated rings. The number of H-pyrrole nitrogens is 1. The molecule has 37 heavy (non-hydrogen) atoms. The number of nitrogen functional groups attached to an aromatic ring is 1. The molecule has 190 valence electrons. The fraction of sp³-hybridized carbons (Fsp3) is 0. The van der Waals surface area contributed by atoms with Gasteiger partial charge in [0.15, 0.2) is 13.7 Å². The molecule has 3 aromatic heterocycles. The van der Waals surface area contributed by atoms with Crippen molar-refractivity contribution in [3.8, 4) is 33.2 Å². The van der Waals surface area contributed by atoms with Crippen LogP contribution in [-0.2, 0) is 0 Å². The van der Waals surface area contributed by atoms with Crippen LogP contribution in [0.15, 0.2) is 44.2 Å². The van der Waals surface area contributed by atoms with Crippen molar-refractivity contribution in [2.24, 2.45) is 0 Å². The van der Waals surface area contributed by atoms with E-state index >= 15 is 0 Å². The normalized spacial score (nSPS) is 10.8. The summed E-state index contributed by atoms with van der Waals surface area (Å²) in [6, 6.07) is 10.1. The number of carbonyl (C=O) groups is 1. The van der Waals surface area contributed by atoms with Crippen molar-refractivity contribution in [1.82, 2.24) is 25.1 Å². The molecule has 0 spiro atoms. The predicted molar refractivity (Wildman–Crippen MR) is 157 cm³/mol. The summed E-state index contributed by atoms with van der Waals surface area (Å²) in [6.45, 7) is 0. The monoisotopic (exact) mass is 740 g/mol. The van der Waals surface area contributed by atoms with Crippen LogP contribution in [0.25, 0.3) is 33.2 Å². The van der Waals surface area contributed by atoms with Gasteiger partial charge in [0.1, 0.15) is 9.75 Å². The van der Waals surface area contributed by atoms with Gasteiger partial charge in [0.2, 0.25) is 5.95 Å². The summed E-state index contributed by atoms with van der Waals surface area (Å²) in [4.78, 5) is 24.7. The van der Waals surface area contributed by atoms with Crippen LogP contribution < -0.4 is 5.73 Å². The summed E-state index contributed by atoms with van der Waals surface area (Å²) >= 11 is 32.9. The lowest BCUT2D eigenvalue weighted by atomic mass is 10.1. The van der Waals surface area contributed by atoms with Crippen LogP contribution in [-0.4, -0.2) is 36.2 Å². The standard InChI is InChI=1S/C11H6BrCl2N5S.C10H4BrCl2NO2S/c12-10-16-7(5-2-1-4(13)3-6(5)14)8(20-10)9-17-11(15)19-18-9;11-10-14-7(8(17-10)9(15)16)5-2-1-4(12)3-6(5)13/h1-3H,(H3,15,17,18,19);1-3H,(H,15,16). The average Bonchev–Trinajstić information content (AvgIpc) is 3.52. The number of benzene rings is 2. The van der Waals surface area contributed by atoms with Crippen molar-refractivity contribution in [2.45, 2.75) is 0 Å². The van der Waals surface area contributed by atoms with E-state index in [1.54, 1.807) is 30.3 Å². The third-order valence-electron chi connectivity index (χ3n) is 4.49. The van der Waals surface area contributed by atoms with E-state index in [1.165, 1.54) is 11.3 Å². The second-order valence-electron chi connectivity index (χ2n) is 6.88. The molecule has 0 aliphatic heterocycles. The quantitative estimate of drug-likeness (QED) is 0.168. The highest BCUT2D eigenvalue weighted by molar-refractivity contribution is 9.11. The third kappa shape index (κ3) is 6.63. The number of anilines is 1. The fourth-order valence-electron chi connectivity index (χ4n) is 3.00. The van der Waals surface area contributed by atoms with Crippen molar-refractivity contribution in [1.29, 1.82) is 0 Å². The van der Waals surface area contributed by atoms with Crippen LogP contribution in [0.4, 0.5) is 5.95 Å². The Morgan fingerprint density at radius 3 is 1.92 bits per heavy atom. The van der Waals surface area contributed by atoms with Crippen LogP contribution in [0.5, 0.6) is 0 Å². The fourth-order valence-corrected chi connectivity index (χ4v) is 6.71. The summed E-state index contributed by atoms with van der Waals surface area (Å²) in [5.74, 6) is -0.307. The van der Waals surface area contributed by atoms with Crippen LogP contribution in [0.3, 0.4) is 0 Å². The first-order valence-corrected chi connectivity index (χ1v) is 14.4. The lowest BCUT2D eigenvalue weighted by Gasteiger charge is -2.03. The van der Waals surface area contributed by atoms with Gasteiger partial charge in [-0.1, -0.05) is 57.7 Å². The summed E-state index contributed by atoms with van der Waals surface area (Å²) in [6.07, 6.45) is 0. The number of thiazole rings is 2. The molecule has 0 aliphatic rings. The van der Waals surface area contributed by atoms with Gasteiger partial charge in [-0.15, -0.1) is 16.4 Å². The van der Waals surface area contributed by atoms with E-state index in [1.807, 2.05) is 6.07 Å². The maximum Gasteiger partial charge on any atom is 0.348 e. The number of nitrogens with two attached hydrogens (primary N) is 1. The first-order valence-electron chi connectivity index (χ1n) is 9.68. The molecule has 4 N–H and O–H groups in total. The van der Waals surface area contributed by atoms with Crippen molar-refractivity contribution < 1.29 is 9.90 Å². The molecule has 0 atom stereocenters. The van der Waals surface area contributed by atoms with Gasteiger partial charge in [-0.25, -0.2) is 14.8 Å². The Morgan fingerprint density at radius 1 is 0.865 bits per heavy atom. The minimum atomic E-state index is -1.03. The molecule has 0 saturated carbocycles. The number of aromatic amines is 1. The Labute approximate surface area is 254 Å². The molecular weight excluding hydrogens is 734 g/mol. The number of aromatic nitrogens is 5. The Hall–Kier alpha value is -1.77. The van der Waals surface area contributed by atoms with Gasteiger partial charge >= 0.3 is 5.97 Å². The van der Waals surface area contributed by atoms with E-state index < -0.39 is 5.97 Å². The molecule has 2 aromatic carbocycles. The zero-order chi connectivity index (χ0) is 26.9. The van der Waals surface area contributed by atoms with E-state index in [-0.39, 0.29) is 10.8 Å². The van der Waals surface area contributed by atoms with Crippen molar-refractivity contribution in [3.05, 3.63) is 69.2 Å². The molecule has 0 amide bonds. The van der Waals surface area contributed by atoms with E-state index in [9.17, 15) is 4.79 Å². The highest BCUT2D eigenvalue weighted by Crippen LogP contribution is 2.40. The van der Waals surface area contributed by atoms with Crippen molar-refractivity contribution >= 4 is 113 Å². The lowest BCUT2D eigenvalue weighted by Crippen LogP contribution is -1.95. The van der Waals surface area contributed by atoms with Crippen molar-refractivity contribution in [2.75, 3.05) is 5.73 Å². The Kier molecular flexibility index (Phi) is 9.13. The second kappa shape index (κ2) is 12.0. The number of aromatic carboxylic acids is 1. The topological polar surface area (TPSA) is 131 Å². The second-order valence-corrected chi connectivity index (χ2v) is 13.1. The van der Waals surface area contributed by atoms with Crippen LogP contribution in [0, 0.1) is 0 Å². The molecule has 5 rings (SSSR count). The molecular formula is C21H10Br2Cl4N6O2S2. The molecule has 3 heterocycles. The number of hydrogen-bond acceptors (Lipinski definition) is 8. The van der Waals surface area contributed by atoms with Crippen molar-refractivity contribution in [3.63, 3.8) is 0 Å². The minimum absolute atomic E-state index is 0.140. The van der Waals surface area contributed by atoms with Crippen LogP contribution in [0.1, 0.15) is 9.67 Å². The van der Waals surface area contributed by atoms with Gasteiger partial charge in [0.25, 0.3) is 0 Å². The van der Waals surface area contributed by atoms with Gasteiger partial charge < -0.3 is 10.8 Å². The summed E-state index contributed by atoms with van der Waals surface area (Å²) in [7, 11) is 0. The molecule has 0 unspecified atom stereocenters. The first-order chi connectivity index (χ1) is 17.5. The summed E-state index contributed by atoms with van der Waals surface area (Å²) < 4.78 is 1.21. The highest BCUT2D eigenvalue weighted by Gasteiger charge is 2.20. The number of halogens is 6. The molecule has 0 radical (unpaired) electrons. The zero-order valence-corrected chi connectivity index (χ0v) is 25.6. The number of hydrogen-bond donors (Lipinski definition) is 3. The largest absolute Gasteiger partial charge is 0.477 e. The highest BCUT2D eigenvalue weighted by atomic mass is 79.9. The van der Waals surface area contributed by atoms with E-state index in [2.05, 4.69) is 57.0 Å². The van der Waals surface area contributed by atoms with Crippen LogP contribution in [0.2, 0.25) is 20.1 Å². The maximum atomic E-state index is 11.1. The van der Waals surface area contributed by atoms with Gasteiger partial charge in [-0.05, 0) is 68.3 Å². The zero-order valence-electron chi connectivity index (χ0n) is 17.8. The SMILES string of the molecule is Nc1n[nH]c(-c2sc(Br)nc2-c2ccc(Cl)cc2Cl)n1.O=C(O)c1sc(Br)nc1-c1ccc(Cl)cc1Cl. The minimum Gasteiger partial charge on any atom is -0.477 e. The van der Waals surface area contributed by atoms with Gasteiger partial charge in [-0.2, -0.15) is 4.98 Å². The first kappa shape index (κ1) is 28.2. The lowest BCUT2D eigenvalue weighted by molar-refractivity contribution is 0.0702. The van der Waals surface area contributed by atoms with Crippen LogP contribution >= 0.6 is 101 Å². The number of carboxylic acid groups (broad SMARTS) is 1. The van der Waals surface area contributed by atoms with E-state index in [4.69, 9.17) is 57.2 Å². The molecule has 5 aromatic rings. The molecule has 16 heteroatoms. The maximum absolute atomic E-state index is 11.1. The van der Waals surface area contributed by atoms with E-state index in [0.29, 0.717) is 50.7 Å². The van der Waals surface area contributed by atoms with Gasteiger partial charge in [0, 0.05) is 21.2 Å². The summed E-state index contributed by atoms with van der Waals surface area (Å²) in [5, 5.41) is 17.6. The molecule has 0 saturated heterocycles. The molecule has 0 aliphatic carbocycles. The third-order valence-corrected chi connectivity index (χ3v) is 8.59. The average molecular weight is 744 g/mol. The number of nitrogens with zero attached hydrogens (tertiary/aromatic N) is 4. The van der Waals surface area contributed by atoms with Gasteiger partial charge in [-0.3, -0.25) is 5.10 Å². The Balaban J connectivity index is 0.000000176. The summed E-state index contributed by atoms with van der Waals surface area (Å²) in [5.41, 5.74) is 7.89. The predicted octanol–water partition coefficient (Wildman–Crippen LogP) is 8.82. The van der Waals surface area contributed by atoms with Gasteiger partial charge in [0.05, 0.1) is 21.4 Å². The molecule has 0 bridgehead atoms. The Morgan fingerprint density at radius 2 is 1.41 bits per heavy atom. The molecule has 8 nitrogen and oxygen atoms in total. The number of carboxylic acids is 1. The smallest absolute Gasteiger partial charge is 0.348 e. The van der Waals surface area contributed by atoms with E-state index in [0.717, 1.165) is 21.8 Å². The number of rotatable bonds is 4.